The summed E-state index contributed by atoms with van der Waals surface area (Å²) in [4.78, 5) is 15.8. The van der Waals surface area contributed by atoms with Crippen LogP contribution in [0.3, 0.4) is 0 Å². The maximum Gasteiger partial charge on any atom is 0.251 e. The molecule has 0 fully saturated rings. The fourth-order valence-electron chi connectivity index (χ4n) is 1.86. The first-order valence-corrected chi connectivity index (χ1v) is 6.17. The van der Waals surface area contributed by atoms with Crippen molar-refractivity contribution < 1.29 is 4.79 Å². The van der Waals surface area contributed by atoms with Gasteiger partial charge in [0.25, 0.3) is 5.91 Å². The van der Waals surface area contributed by atoms with Gasteiger partial charge >= 0.3 is 0 Å². The molecule has 0 atom stereocenters. The molecule has 3 rings (SSSR count). The predicted octanol–water partition coefficient (Wildman–Crippen LogP) is 1.83. The largest absolute Gasteiger partial charge is 0.355 e. The summed E-state index contributed by atoms with van der Waals surface area (Å²) in [5, 5.41) is 9.98. The molecule has 6 heteroatoms. The van der Waals surface area contributed by atoms with E-state index in [0.29, 0.717) is 11.5 Å². The van der Waals surface area contributed by atoms with Crippen molar-refractivity contribution in [2.45, 2.75) is 0 Å². The zero-order valence-corrected chi connectivity index (χ0v) is 10.9. The van der Waals surface area contributed by atoms with Crippen molar-refractivity contribution in [3.8, 4) is 0 Å². The van der Waals surface area contributed by atoms with Crippen LogP contribution in [0.25, 0.3) is 5.65 Å². The van der Waals surface area contributed by atoms with Gasteiger partial charge in [0.15, 0.2) is 5.65 Å². The van der Waals surface area contributed by atoms with Gasteiger partial charge in [-0.1, -0.05) is 6.07 Å². The van der Waals surface area contributed by atoms with Gasteiger partial charge in [-0.25, -0.2) is 4.52 Å². The monoisotopic (exact) mass is 267 g/mol. The van der Waals surface area contributed by atoms with E-state index in [9.17, 15) is 4.79 Å². The Kier molecular flexibility index (Phi) is 3.04. The molecule has 100 valence electrons. The van der Waals surface area contributed by atoms with Gasteiger partial charge in [-0.3, -0.25) is 4.79 Å². The fourth-order valence-corrected chi connectivity index (χ4v) is 1.86. The number of carbonyl (C=O) groups excluding carboxylic acids is 1. The standard InChI is InChI=1S/C14H13N5O/c1-15-13(20)10-5-7-11(8-6-10)16-14-17-12-4-2-3-9-19(12)18-14/h2-9H,1H3,(H,15,20)(H,16,18). The quantitative estimate of drug-likeness (QED) is 0.759. The number of nitrogens with zero attached hydrogens (tertiary/aromatic N) is 3. The number of anilines is 2. The molecule has 0 aliphatic carbocycles. The highest BCUT2D eigenvalue weighted by Crippen LogP contribution is 2.15. The highest BCUT2D eigenvalue weighted by Gasteiger charge is 2.05. The average Bonchev–Trinajstić information content (AvgIpc) is 2.89. The number of pyridine rings is 1. The lowest BCUT2D eigenvalue weighted by molar-refractivity contribution is 0.0963. The van der Waals surface area contributed by atoms with E-state index in [-0.39, 0.29) is 5.91 Å². The highest BCUT2D eigenvalue weighted by molar-refractivity contribution is 5.94. The molecule has 2 N–H and O–H groups in total. The van der Waals surface area contributed by atoms with Gasteiger partial charge in [-0.15, -0.1) is 5.10 Å². The number of amides is 1. The number of benzene rings is 1. The van der Waals surface area contributed by atoms with Crippen molar-refractivity contribution in [2.24, 2.45) is 0 Å². The lowest BCUT2D eigenvalue weighted by atomic mass is 10.2. The normalized spacial score (nSPS) is 10.4. The minimum absolute atomic E-state index is 0.109. The van der Waals surface area contributed by atoms with E-state index in [1.165, 1.54) is 0 Å². The number of rotatable bonds is 3. The highest BCUT2D eigenvalue weighted by atomic mass is 16.1. The molecule has 2 aromatic heterocycles. The van der Waals surface area contributed by atoms with E-state index in [1.807, 2.05) is 36.5 Å². The molecule has 0 saturated heterocycles. The Balaban J connectivity index is 1.82. The van der Waals surface area contributed by atoms with Crippen molar-refractivity contribution in [3.63, 3.8) is 0 Å². The molecule has 3 aromatic rings. The smallest absolute Gasteiger partial charge is 0.251 e. The summed E-state index contributed by atoms with van der Waals surface area (Å²) >= 11 is 0. The van der Waals surface area contributed by atoms with Gasteiger partial charge < -0.3 is 10.6 Å². The molecular weight excluding hydrogens is 254 g/mol. The second kappa shape index (κ2) is 5.00. The molecule has 0 radical (unpaired) electrons. The number of aromatic nitrogens is 3. The van der Waals surface area contributed by atoms with Crippen LogP contribution in [-0.2, 0) is 0 Å². The maximum atomic E-state index is 11.4. The van der Waals surface area contributed by atoms with Crippen LogP contribution < -0.4 is 10.6 Å². The van der Waals surface area contributed by atoms with Crippen LogP contribution in [-0.4, -0.2) is 27.6 Å². The molecule has 0 aliphatic rings. The Bertz CT molecular complexity index is 715. The second-order valence-corrected chi connectivity index (χ2v) is 4.22. The first-order valence-electron chi connectivity index (χ1n) is 6.17. The van der Waals surface area contributed by atoms with Crippen molar-refractivity contribution in [1.82, 2.24) is 19.9 Å². The Hall–Kier alpha value is -2.89. The first kappa shape index (κ1) is 12.2. The van der Waals surface area contributed by atoms with Gasteiger partial charge in [0.1, 0.15) is 0 Å². The van der Waals surface area contributed by atoms with Crippen molar-refractivity contribution >= 4 is 23.2 Å². The summed E-state index contributed by atoms with van der Waals surface area (Å²) in [6, 6.07) is 12.8. The van der Waals surface area contributed by atoms with Gasteiger partial charge in [0.2, 0.25) is 5.95 Å². The lowest BCUT2D eigenvalue weighted by Gasteiger charge is -2.03. The van der Waals surface area contributed by atoms with Crippen LogP contribution in [0.4, 0.5) is 11.6 Å². The number of carbonyl (C=O) groups is 1. The number of nitrogens with one attached hydrogen (secondary N) is 2. The first-order chi connectivity index (χ1) is 9.76. The number of fused-ring (bicyclic) bond motifs is 1. The van der Waals surface area contributed by atoms with Crippen LogP contribution in [0.1, 0.15) is 10.4 Å². The lowest BCUT2D eigenvalue weighted by Crippen LogP contribution is -2.17. The third-order valence-electron chi connectivity index (χ3n) is 2.87. The topological polar surface area (TPSA) is 71.3 Å². The van der Waals surface area contributed by atoms with Gasteiger partial charge in [0, 0.05) is 24.5 Å². The van der Waals surface area contributed by atoms with E-state index >= 15 is 0 Å². The molecule has 0 aliphatic heterocycles. The fraction of sp³-hybridized carbons (Fsp3) is 0.0714. The van der Waals surface area contributed by atoms with E-state index in [0.717, 1.165) is 11.3 Å². The molecule has 1 amide bonds. The summed E-state index contributed by atoms with van der Waals surface area (Å²) in [5.74, 6) is 0.409. The van der Waals surface area contributed by atoms with Gasteiger partial charge in [-0.05, 0) is 36.4 Å². The number of hydrogen-bond donors (Lipinski definition) is 2. The summed E-state index contributed by atoms with van der Waals surface area (Å²) < 4.78 is 1.70. The van der Waals surface area contributed by atoms with Gasteiger partial charge in [0.05, 0.1) is 0 Å². The zero-order chi connectivity index (χ0) is 13.9. The third kappa shape index (κ3) is 2.31. The molecule has 2 heterocycles. The second-order valence-electron chi connectivity index (χ2n) is 4.22. The molecule has 6 nitrogen and oxygen atoms in total. The number of hydrogen-bond acceptors (Lipinski definition) is 4. The van der Waals surface area contributed by atoms with E-state index in [1.54, 1.807) is 23.7 Å². The molecule has 0 unspecified atom stereocenters. The third-order valence-corrected chi connectivity index (χ3v) is 2.87. The van der Waals surface area contributed by atoms with Crippen molar-refractivity contribution in [1.29, 1.82) is 0 Å². The SMILES string of the molecule is CNC(=O)c1ccc(Nc2nc3ccccn3n2)cc1. The minimum Gasteiger partial charge on any atom is -0.355 e. The Morgan fingerprint density at radius 2 is 1.95 bits per heavy atom. The molecular formula is C14H13N5O. The Morgan fingerprint density at radius 1 is 1.15 bits per heavy atom. The van der Waals surface area contributed by atoms with Crippen LogP contribution in [0.5, 0.6) is 0 Å². The molecule has 20 heavy (non-hydrogen) atoms. The summed E-state index contributed by atoms with van der Waals surface area (Å²) in [6.07, 6.45) is 1.84. The molecule has 1 aromatic carbocycles. The van der Waals surface area contributed by atoms with Crippen molar-refractivity contribution in [3.05, 3.63) is 54.2 Å². The van der Waals surface area contributed by atoms with E-state index < -0.39 is 0 Å². The average molecular weight is 267 g/mol. The van der Waals surface area contributed by atoms with Crippen molar-refractivity contribution in [2.75, 3.05) is 12.4 Å². The Labute approximate surface area is 115 Å². The van der Waals surface area contributed by atoms with Crippen LogP contribution in [0.2, 0.25) is 0 Å². The van der Waals surface area contributed by atoms with Crippen LogP contribution in [0.15, 0.2) is 48.7 Å². The van der Waals surface area contributed by atoms with E-state index in [2.05, 4.69) is 20.7 Å². The Morgan fingerprint density at radius 3 is 2.65 bits per heavy atom. The van der Waals surface area contributed by atoms with E-state index in [4.69, 9.17) is 0 Å². The minimum atomic E-state index is -0.109. The predicted molar refractivity (Wildman–Crippen MR) is 76.1 cm³/mol. The molecule has 0 saturated carbocycles. The summed E-state index contributed by atoms with van der Waals surface area (Å²) in [6.45, 7) is 0. The summed E-state index contributed by atoms with van der Waals surface area (Å²) in [7, 11) is 1.61. The molecule has 0 bridgehead atoms. The van der Waals surface area contributed by atoms with Crippen LogP contribution in [0, 0.1) is 0 Å². The maximum absolute atomic E-state index is 11.4. The van der Waals surface area contributed by atoms with Crippen LogP contribution >= 0.6 is 0 Å². The zero-order valence-electron chi connectivity index (χ0n) is 10.9. The summed E-state index contributed by atoms with van der Waals surface area (Å²) in [5.41, 5.74) is 2.21. The molecule has 0 spiro atoms. The van der Waals surface area contributed by atoms with Gasteiger partial charge in [-0.2, -0.15) is 4.98 Å².